The van der Waals surface area contributed by atoms with Gasteiger partial charge in [0.2, 0.25) is 0 Å². The quantitative estimate of drug-likeness (QED) is 0.503. The van der Waals surface area contributed by atoms with E-state index < -0.39 is 13.8 Å². The Bertz CT molecular complexity index is 171. The number of carbonyl (C=O) groups excluding carboxylic acids is 1. The van der Waals surface area contributed by atoms with Gasteiger partial charge in [-0.1, -0.05) is 0 Å². The fourth-order valence-corrected chi connectivity index (χ4v) is 0.758. The Morgan fingerprint density at radius 2 is 2.00 bits per heavy atom. The highest BCUT2D eigenvalue weighted by molar-refractivity contribution is 7.46. The molecule has 0 aliphatic rings. The van der Waals surface area contributed by atoms with Crippen molar-refractivity contribution in [1.29, 1.82) is 0 Å². The second-order valence-electron chi connectivity index (χ2n) is 1.78. The summed E-state index contributed by atoms with van der Waals surface area (Å²) in [7, 11) is -4.69. The molecular formula is C4H9O6P. The molecule has 0 unspecified atom stereocenters. The molecule has 0 aromatic rings. The fraction of sp³-hybridized carbons (Fsp3) is 0.750. The van der Waals surface area contributed by atoms with Crippen LogP contribution < -0.4 is 0 Å². The van der Waals surface area contributed by atoms with Crippen LogP contribution in [0.3, 0.4) is 0 Å². The van der Waals surface area contributed by atoms with E-state index in [0.29, 0.717) is 0 Å². The summed E-state index contributed by atoms with van der Waals surface area (Å²) in [5.74, 6) is -1.01. The van der Waals surface area contributed by atoms with Crippen LogP contribution in [0, 0.1) is 0 Å². The zero-order chi connectivity index (χ0) is 8.91. The van der Waals surface area contributed by atoms with E-state index in [9.17, 15) is 9.36 Å². The molecular weight excluding hydrogens is 175 g/mol. The maximum Gasteiger partial charge on any atom is 0.526 e. The molecule has 7 heteroatoms. The predicted molar refractivity (Wildman–Crippen MR) is 34.5 cm³/mol. The van der Waals surface area contributed by atoms with Crippen molar-refractivity contribution in [3.63, 3.8) is 0 Å². The number of aliphatic hydroxyl groups is 1. The van der Waals surface area contributed by atoms with Crippen LogP contribution in [-0.2, 0) is 13.9 Å². The first-order valence-corrected chi connectivity index (χ1v) is 4.37. The number of carbonyl (C=O) groups is 1. The van der Waals surface area contributed by atoms with Crippen molar-refractivity contribution in [2.75, 3.05) is 6.61 Å². The maximum atomic E-state index is 10.4. The molecule has 66 valence electrons. The van der Waals surface area contributed by atoms with Crippen molar-refractivity contribution in [3.05, 3.63) is 0 Å². The molecule has 0 saturated carbocycles. The Labute approximate surface area is 63.0 Å². The van der Waals surface area contributed by atoms with Gasteiger partial charge in [-0.25, -0.2) is 4.57 Å². The lowest BCUT2D eigenvalue weighted by atomic mass is 10.3. The summed E-state index contributed by atoms with van der Waals surface area (Å²) in [4.78, 5) is 26.6. The normalized spacial score (nSPS) is 11.2. The molecule has 0 atom stereocenters. The first-order valence-electron chi connectivity index (χ1n) is 2.84. The molecule has 0 aromatic carbocycles. The minimum atomic E-state index is -4.69. The van der Waals surface area contributed by atoms with Crippen LogP contribution in [0.2, 0.25) is 0 Å². The Morgan fingerprint density at radius 3 is 2.36 bits per heavy atom. The SMILES string of the molecule is O=C(CCCO)OP(=O)(O)O. The monoisotopic (exact) mass is 184 g/mol. The second-order valence-corrected chi connectivity index (χ2v) is 2.94. The minimum Gasteiger partial charge on any atom is -0.396 e. The Balaban J connectivity index is 3.62. The van der Waals surface area contributed by atoms with E-state index >= 15 is 0 Å². The van der Waals surface area contributed by atoms with Gasteiger partial charge in [0.15, 0.2) is 0 Å². The van der Waals surface area contributed by atoms with Gasteiger partial charge in [-0.3, -0.25) is 14.6 Å². The summed E-state index contributed by atoms with van der Waals surface area (Å²) in [5.41, 5.74) is 0. The third-order valence-electron chi connectivity index (χ3n) is 0.760. The molecule has 0 radical (unpaired) electrons. The largest absolute Gasteiger partial charge is 0.526 e. The Kier molecular flexibility index (Phi) is 4.29. The van der Waals surface area contributed by atoms with Crippen molar-refractivity contribution in [2.45, 2.75) is 12.8 Å². The number of rotatable bonds is 4. The summed E-state index contributed by atoms with van der Waals surface area (Å²) in [6.45, 7) is -0.212. The highest BCUT2D eigenvalue weighted by Crippen LogP contribution is 2.36. The van der Waals surface area contributed by atoms with Gasteiger partial charge < -0.3 is 9.63 Å². The molecule has 3 N–H and O–H groups in total. The summed E-state index contributed by atoms with van der Waals surface area (Å²) >= 11 is 0. The van der Waals surface area contributed by atoms with Gasteiger partial charge in [-0.15, -0.1) is 0 Å². The molecule has 11 heavy (non-hydrogen) atoms. The molecule has 0 aromatic heterocycles. The van der Waals surface area contributed by atoms with Crippen molar-refractivity contribution in [3.8, 4) is 0 Å². The third kappa shape index (κ3) is 7.48. The van der Waals surface area contributed by atoms with Crippen LogP contribution in [-0.4, -0.2) is 27.5 Å². The molecule has 6 nitrogen and oxygen atoms in total. The first-order chi connectivity index (χ1) is 4.95. The predicted octanol–water partition coefficient (Wildman–Crippen LogP) is -0.605. The van der Waals surface area contributed by atoms with Crippen LogP contribution in [0.1, 0.15) is 12.8 Å². The first kappa shape index (κ1) is 10.6. The zero-order valence-electron chi connectivity index (χ0n) is 5.63. The third-order valence-corrected chi connectivity index (χ3v) is 1.20. The molecule has 0 spiro atoms. The lowest BCUT2D eigenvalue weighted by Gasteiger charge is -2.03. The van der Waals surface area contributed by atoms with E-state index in [0.717, 1.165) is 0 Å². The van der Waals surface area contributed by atoms with Gasteiger partial charge in [-0.05, 0) is 6.42 Å². The van der Waals surface area contributed by atoms with Gasteiger partial charge in [0.25, 0.3) is 0 Å². The molecule has 0 rings (SSSR count). The van der Waals surface area contributed by atoms with Crippen LogP contribution in [0.4, 0.5) is 0 Å². The maximum absolute atomic E-state index is 10.4. The van der Waals surface area contributed by atoms with E-state index in [1.54, 1.807) is 0 Å². The van der Waals surface area contributed by atoms with Gasteiger partial charge in [-0.2, -0.15) is 0 Å². The van der Waals surface area contributed by atoms with Crippen LogP contribution in [0.5, 0.6) is 0 Å². The zero-order valence-corrected chi connectivity index (χ0v) is 6.53. The molecule has 0 fully saturated rings. The molecule has 0 amide bonds. The Morgan fingerprint density at radius 1 is 1.45 bits per heavy atom. The standard InChI is InChI=1S/C4H9O6P/c5-3-1-2-4(6)10-11(7,8)9/h5H,1-3H2,(H2,7,8,9). The highest BCUT2D eigenvalue weighted by atomic mass is 31.2. The summed E-state index contributed by atoms with van der Waals surface area (Å²) in [6, 6.07) is 0. The lowest BCUT2D eigenvalue weighted by molar-refractivity contribution is -0.135. The summed E-state index contributed by atoms with van der Waals surface area (Å²) in [5, 5.41) is 8.21. The second kappa shape index (κ2) is 4.46. The minimum absolute atomic E-state index is 0.138. The number of phosphoric ester groups is 1. The molecule has 0 aliphatic carbocycles. The number of hydrogen-bond acceptors (Lipinski definition) is 4. The van der Waals surface area contributed by atoms with Gasteiger partial charge in [0, 0.05) is 13.0 Å². The van der Waals surface area contributed by atoms with Crippen molar-refractivity contribution < 1.29 is 28.8 Å². The summed E-state index contributed by atoms with van der Waals surface area (Å²) in [6.07, 6.45) is -0.0551. The van der Waals surface area contributed by atoms with Crippen LogP contribution >= 0.6 is 7.82 Å². The number of hydrogen-bond donors (Lipinski definition) is 3. The number of aliphatic hydroxyl groups excluding tert-OH is 1. The topological polar surface area (TPSA) is 104 Å². The van der Waals surface area contributed by atoms with Crippen molar-refractivity contribution >= 4 is 13.8 Å². The Hall–Kier alpha value is -0.420. The molecule has 0 bridgehead atoms. The van der Waals surface area contributed by atoms with E-state index in [-0.39, 0.29) is 19.4 Å². The fourth-order valence-electron chi connectivity index (χ4n) is 0.402. The average molecular weight is 184 g/mol. The van der Waals surface area contributed by atoms with E-state index in [4.69, 9.17) is 14.9 Å². The summed E-state index contributed by atoms with van der Waals surface area (Å²) < 4.78 is 13.7. The molecule has 0 saturated heterocycles. The highest BCUT2D eigenvalue weighted by Gasteiger charge is 2.19. The molecule has 0 aliphatic heterocycles. The smallest absolute Gasteiger partial charge is 0.396 e. The van der Waals surface area contributed by atoms with Gasteiger partial charge >= 0.3 is 13.8 Å². The number of phosphoric acid groups is 1. The van der Waals surface area contributed by atoms with Crippen molar-refractivity contribution in [2.24, 2.45) is 0 Å². The lowest BCUT2D eigenvalue weighted by Crippen LogP contribution is -2.02. The van der Waals surface area contributed by atoms with Gasteiger partial charge in [0.05, 0.1) is 0 Å². The van der Waals surface area contributed by atoms with E-state index in [1.807, 2.05) is 0 Å². The average Bonchev–Trinajstić information content (AvgIpc) is 1.79. The van der Waals surface area contributed by atoms with Gasteiger partial charge in [0.1, 0.15) is 0 Å². The van der Waals surface area contributed by atoms with Crippen LogP contribution in [0.25, 0.3) is 0 Å². The van der Waals surface area contributed by atoms with Crippen LogP contribution in [0.15, 0.2) is 0 Å². The van der Waals surface area contributed by atoms with E-state index in [1.165, 1.54) is 0 Å². The molecule has 0 heterocycles. The van der Waals surface area contributed by atoms with Crippen molar-refractivity contribution in [1.82, 2.24) is 0 Å². The van der Waals surface area contributed by atoms with E-state index in [2.05, 4.69) is 4.52 Å².